The summed E-state index contributed by atoms with van der Waals surface area (Å²) in [5, 5.41) is 16.3. The highest BCUT2D eigenvalue weighted by molar-refractivity contribution is 9.10. The molecule has 0 saturated carbocycles. The summed E-state index contributed by atoms with van der Waals surface area (Å²) < 4.78 is 11.2. The van der Waals surface area contributed by atoms with Crippen LogP contribution in [0.15, 0.2) is 26.7 Å². The van der Waals surface area contributed by atoms with Crippen molar-refractivity contribution in [3.8, 4) is 11.5 Å². The van der Waals surface area contributed by atoms with Gasteiger partial charge in [0.15, 0.2) is 0 Å². The number of carboxylic acids is 1. The Hall–Kier alpha value is -2.00. The summed E-state index contributed by atoms with van der Waals surface area (Å²) in [7, 11) is 3.05. The molecule has 0 unspecified atom stereocenters. The first-order valence-corrected chi connectivity index (χ1v) is 7.99. The lowest BCUT2D eigenvalue weighted by Crippen LogP contribution is -1.98. The number of hydrogen-bond donors (Lipinski definition) is 2. The normalized spacial score (nSPS) is 11.4. The molecule has 9 heteroatoms. The second-order valence-corrected chi connectivity index (χ2v) is 6.21. The number of carbonyl (C=O) groups is 1. The van der Waals surface area contributed by atoms with Gasteiger partial charge in [0.05, 0.1) is 18.7 Å². The zero-order valence-corrected chi connectivity index (χ0v) is 15.0. The van der Waals surface area contributed by atoms with Crippen LogP contribution in [0.2, 0.25) is 0 Å². The molecule has 0 radical (unpaired) electrons. The minimum Gasteiger partial charge on any atom is -0.496 e. The van der Waals surface area contributed by atoms with Gasteiger partial charge in [-0.15, -0.1) is 5.10 Å². The molecule has 23 heavy (non-hydrogen) atoms. The lowest BCUT2D eigenvalue weighted by atomic mass is 10.1. The number of benzene rings is 1. The van der Waals surface area contributed by atoms with Crippen molar-refractivity contribution in [3.05, 3.63) is 32.9 Å². The Morgan fingerprint density at radius 2 is 2.04 bits per heavy atom. The highest BCUT2D eigenvalue weighted by atomic mass is 79.9. The lowest BCUT2D eigenvalue weighted by Gasteiger charge is -2.10. The molecule has 0 aliphatic carbocycles. The largest absolute Gasteiger partial charge is 0.496 e. The van der Waals surface area contributed by atoms with Crippen LogP contribution < -0.4 is 9.47 Å². The van der Waals surface area contributed by atoms with E-state index in [9.17, 15) is 9.90 Å². The monoisotopic (exact) mass is 399 g/mol. The lowest BCUT2D eigenvalue weighted by molar-refractivity contribution is -0.131. The molecule has 0 bridgehead atoms. The minimum atomic E-state index is -1.08. The van der Waals surface area contributed by atoms with Gasteiger partial charge in [-0.05, 0) is 46.8 Å². The average molecular weight is 400 g/mol. The third-order valence-corrected chi connectivity index (χ3v) is 4.28. The molecule has 2 N–H and O–H groups in total. The molecule has 0 atom stereocenters. The van der Waals surface area contributed by atoms with Gasteiger partial charge >= 0.3 is 5.97 Å². The van der Waals surface area contributed by atoms with Crippen LogP contribution in [0.25, 0.3) is 6.08 Å². The fourth-order valence-corrected chi connectivity index (χ4v) is 3.01. The molecular weight excluding hydrogens is 386 g/mol. The first-order valence-electron chi connectivity index (χ1n) is 6.38. The molecule has 0 saturated heterocycles. The third-order valence-electron chi connectivity index (χ3n) is 2.78. The van der Waals surface area contributed by atoms with E-state index in [1.807, 2.05) is 0 Å². The van der Waals surface area contributed by atoms with Crippen LogP contribution in [0.5, 0.6) is 11.5 Å². The number of ether oxygens (including phenoxy) is 2. The molecule has 1 aromatic heterocycles. The number of aromatic nitrogens is 3. The predicted molar refractivity (Wildman–Crippen MR) is 89.8 cm³/mol. The number of aromatic amines is 1. The van der Waals surface area contributed by atoms with Gasteiger partial charge < -0.3 is 14.6 Å². The summed E-state index contributed by atoms with van der Waals surface area (Å²) in [4.78, 5) is 15.7. The van der Waals surface area contributed by atoms with Gasteiger partial charge in [-0.3, -0.25) is 5.10 Å². The van der Waals surface area contributed by atoms with Gasteiger partial charge in [-0.1, -0.05) is 0 Å². The standard InChI is InChI=1S/C14H14BrN3O4S/c1-7-16-14(18-17-7)23-12(13(19)20)5-8-4-9(15)11(22-3)6-10(8)21-2/h4-6H,1-3H3,(H,19,20)(H,16,17,18). The number of H-pyrrole nitrogens is 1. The number of thioether (sulfide) groups is 1. The van der Waals surface area contributed by atoms with Crippen molar-refractivity contribution in [2.45, 2.75) is 12.1 Å². The number of nitrogens with one attached hydrogen (secondary N) is 1. The maximum atomic E-state index is 11.5. The molecule has 2 aromatic rings. The molecule has 2 rings (SSSR count). The van der Waals surface area contributed by atoms with E-state index in [4.69, 9.17) is 9.47 Å². The summed E-state index contributed by atoms with van der Waals surface area (Å²) in [5.41, 5.74) is 0.595. The van der Waals surface area contributed by atoms with Crippen LogP contribution in [-0.2, 0) is 4.79 Å². The summed E-state index contributed by atoms with van der Waals surface area (Å²) in [6.07, 6.45) is 1.50. The van der Waals surface area contributed by atoms with Crippen molar-refractivity contribution in [2.24, 2.45) is 0 Å². The number of carboxylic acid groups (broad SMARTS) is 1. The molecule has 0 aliphatic rings. The topological polar surface area (TPSA) is 97.3 Å². The van der Waals surface area contributed by atoms with Gasteiger partial charge in [0, 0.05) is 11.6 Å². The Balaban J connectivity index is 2.42. The van der Waals surface area contributed by atoms with E-state index in [2.05, 4.69) is 31.1 Å². The van der Waals surface area contributed by atoms with Crippen molar-refractivity contribution in [1.29, 1.82) is 0 Å². The van der Waals surface area contributed by atoms with Gasteiger partial charge in [0.1, 0.15) is 22.2 Å². The second-order valence-electron chi connectivity index (χ2n) is 4.35. The van der Waals surface area contributed by atoms with E-state index in [-0.39, 0.29) is 4.91 Å². The summed E-state index contributed by atoms with van der Waals surface area (Å²) in [6, 6.07) is 3.40. The average Bonchev–Trinajstić information content (AvgIpc) is 2.92. The van der Waals surface area contributed by atoms with Crippen LogP contribution in [0, 0.1) is 6.92 Å². The molecule has 7 nitrogen and oxygen atoms in total. The van der Waals surface area contributed by atoms with Gasteiger partial charge in [0.2, 0.25) is 5.16 Å². The Morgan fingerprint density at radius 3 is 2.57 bits per heavy atom. The Kier molecular flexibility index (Phi) is 5.67. The number of aryl methyl sites for hydroxylation is 1. The maximum Gasteiger partial charge on any atom is 0.342 e. The highest BCUT2D eigenvalue weighted by Gasteiger charge is 2.15. The quantitative estimate of drug-likeness (QED) is 0.568. The summed E-state index contributed by atoms with van der Waals surface area (Å²) in [6.45, 7) is 1.74. The summed E-state index contributed by atoms with van der Waals surface area (Å²) in [5.74, 6) is 0.622. The van der Waals surface area contributed by atoms with Gasteiger partial charge in [-0.25, -0.2) is 9.78 Å². The number of nitrogens with zero attached hydrogens (tertiary/aromatic N) is 2. The van der Waals surface area contributed by atoms with Crippen LogP contribution in [0.4, 0.5) is 0 Å². The zero-order chi connectivity index (χ0) is 17.0. The number of methoxy groups -OCH3 is 2. The van der Waals surface area contributed by atoms with Crippen LogP contribution in [-0.4, -0.2) is 40.5 Å². The SMILES string of the molecule is COc1cc(OC)c(C=C(Sc2n[nH]c(C)n2)C(=O)O)cc1Br. The van der Waals surface area contributed by atoms with Crippen molar-refractivity contribution in [2.75, 3.05) is 14.2 Å². The molecule has 1 heterocycles. The van der Waals surface area contributed by atoms with Crippen molar-refractivity contribution < 1.29 is 19.4 Å². The van der Waals surface area contributed by atoms with E-state index in [0.29, 0.717) is 32.5 Å². The molecular formula is C14H14BrN3O4S. The molecule has 0 spiro atoms. The first-order chi connectivity index (χ1) is 10.9. The third kappa shape index (κ3) is 4.26. The van der Waals surface area contributed by atoms with E-state index in [0.717, 1.165) is 11.8 Å². The fraction of sp³-hybridized carbons (Fsp3) is 0.214. The van der Waals surface area contributed by atoms with Crippen LogP contribution in [0.3, 0.4) is 0 Å². The molecule has 0 amide bonds. The summed E-state index contributed by atoms with van der Waals surface area (Å²) >= 11 is 4.33. The second kappa shape index (κ2) is 7.51. The molecule has 1 aromatic carbocycles. The fourth-order valence-electron chi connectivity index (χ4n) is 1.74. The molecule has 0 fully saturated rings. The van der Waals surface area contributed by atoms with Gasteiger partial charge in [0.25, 0.3) is 0 Å². The van der Waals surface area contributed by atoms with Crippen LogP contribution in [0.1, 0.15) is 11.4 Å². The minimum absolute atomic E-state index is 0.0689. The van der Waals surface area contributed by atoms with Gasteiger partial charge in [-0.2, -0.15) is 0 Å². The Labute approximate surface area is 145 Å². The highest BCUT2D eigenvalue weighted by Crippen LogP contribution is 2.35. The Bertz CT molecular complexity index is 760. The number of rotatable bonds is 6. The van der Waals surface area contributed by atoms with E-state index >= 15 is 0 Å². The maximum absolute atomic E-state index is 11.5. The van der Waals surface area contributed by atoms with E-state index in [1.54, 1.807) is 26.2 Å². The first kappa shape index (κ1) is 17.4. The Morgan fingerprint density at radius 1 is 1.35 bits per heavy atom. The van der Waals surface area contributed by atoms with Crippen molar-refractivity contribution in [3.63, 3.8) is 0 Å². The predicted octanol–water partition coefficient (Wildman–Crippen LogP) is 3.11. The van der Waals surface area contributed by atoms with Crippen molar-refractivity contribution in [1.82, 2.24) is 15.2 Å². The van der Waals surface area contributed by atoms with Crippen LogP contribution >= 0.6 is 27.7 Å². The number of aliphatic carboxylic acids is 1. The number of halogens is 1. The zero-order valence-electron chi connectivity index (χ0n) is 12.6. The smallest absolute Gasteiger partial charge is 0.342 e. The van der Waals surface area contributed by atoms with Crippen molar-refractivity contribution >= 4 is 39.7 Å². The number of hydrogen-bond acceptors (Lipinski definition) is 6. The molecule has 122 valence electrons. The molecule has 0 aliphatic heterocycles. The van der Waals surface area contributed by atoms with E-state index in [1.165, 1.54) is 13.2 Å². The van der Waals surface area contributed by atoms with E-state index < -0.39 is 5.97 Å².